The Morgan fingerprint density at radius 3 is 2.89 bits per heavy atom. The topological polar surface area (TPSA) is 33.2 Å². The fourth-order valence-corrected chi connectivity index (χ4v) is 2.92. The van der Waals surface area contributed by atoms with Crippen molar-refractivity contribution < 1.29 is 4.79 Å². The van der Waals surface area contributed by atoms with Gasteiger partial charge >= 0.3 is 0 Å². The lowest BCUT2D eigenvalue weighted by Gasteiger charge is -2.35. The molecule has 1 aromatic rings. The third-order valence-electron chi connectivity index (χ3n) is 3.99. The summed E-state index contributed by atoms with van der Waals surface area (Å²) in [5.41, 5.74) is 1.37. The van der Waals surface area contributed by atoms with Crippen LogP contribution in [0.3, 0.4) is 0 Å². The molecule has 19 heavy (non-hydrogen) atoms. The Morgan fingerprint density at radius 1 is 1.42 bits per heavy atom. The number of aromatic nitrogens is 1. The van der Waals surface area contributed by atoms with Gasteiger partial charge in [-0.15, -0.1) is 0 Å². The Kier molecular flexibility index (Phi) is 4.35. The number of carbonyl (C=O) groups is 1. The van der Waals surface area contributed by atoms with Gasteiger partial charge in [0.2, 0.25) is 0 Å². The highest BCUT2D eigenvalue weighted by atomic mass is 16.1. The van der Waals surface area contributed by atoms with Crippen LogP contribution < -0.4 is 0 Å². The zero-order chi connectivity index (χ0) is 13.9. The Morgan fingerprint density at radius 2 is 2.21 bits per heavy atom. The van der Waals surface area contributed by atoms with Crippen molar-refractivity contribution in [3.05, 3.63) is 30.1 Å². The SMILES string of the molecule is CN(Cc1ccccn1)CC1CC(C)(C)CCC1=O. The first-order valence-corrected chi connectivity index (χ1v) is 7.07. The highest BCUT2D eigenvalue weighted by Crippen LogP contribution is 2.37. The van der Waals surface area contributed by atoms with E-state index in [4.69, 9.17) is 0 Å². The molecule has 3 heteroatoms. The molecule has 1 unspecified atom stereocenters. The number of hydrogen-bond donors (Lipinski definition) is 0. The molecule has 0 spiro atoms. The zero-order valence-corrected chi connectivity index (χ0v) is 12.2. The van der Waals surface area contributed by atoms with Crippen molar-refractivity contribution in [3.63, 3.8) is 0 Å². The minimum atomic E-state index is 0.192. The van der Waals surface area contributed by atoms with Crippen molar-refractivity contribution in [2.24, 2.45) is 11.3 Å². The van der Waals surface area contributed by atoms with E-state index in [0.29, 0.717) is 11.2 Å². The van der Waals surface area contributed by atoms with Gasteiger partial charge in [-0.2, -0.15) is 0 Å². The summed E-state index contributed by atoms with van der Waals surface area (Å²) in [4.78, 5) is 18.6. The average molecular weight is 260 g/mol. The molecule has 0 saturated heterocycles. The molecular formula is C16H24N2O. The van der Waals surface area contributed by atoms with E-state index >= 15 is 0 Å². The molecule has 0 aliphatic heterocycles. The second kappa shape index (κ2) is 5.83. The quantitative estimate of drug-likeness (QED) is 0.834. The van der Waals surface area contributed by atoms with Crippen LogP contribution in [0, 0.1) is 11.3 Å². The van der Waals surface area contributed by atoms with E-state index in [1.54, 1.807) is 0 Å². The third kappa shape index (κ3) is 4.13. The molecule has 104 valence electrons. The van der Waals surface area contributed by atoms with Crippen LogP contribution in [-0.2, 0) is 11.3 Å². The molecule has 0 amide bonds. The molecule has 1 aromatic heterocycles. The van der Waals surface area contributed by atoms with Gasteiger partial charge in [0, 0.05) is 31.6 Å². The normalized spacial score (nSPS) is 22.7. The molecule has 0 radical (unpaired) electrons. The Bertz CT molecular complexity index is 428. The number of Topliss-reactive ketones (excluding diaryl/α,β-unsaturated/α-hetero) is 1. The van der Waals surface area contributed by atoms with Crippen LogP contribution in [0.4, 0.5) is 0 Å². The molecule has 1 aliphatic rings. The Labute approximate surface area is 116 Å². The largest absolute Gasteiger partial charge is 0.300 e. The molecule has 1 fully saturated rings. The van der Waals surface area contributed by atoms with Crippen molar-refractivity contribution in [3.8, 4) is 0 Å². The third-order valence-corrected chi connectivity index (χ3v) is 3.99. The summed E-state index contributed by atoms with van der Waals surface area (Å²) in [7, 11) is 2.07. The number of hydrogen-bond acceptors (Lipinski definition) is 3. The summed E-state index contributed by atoms with van der Waals surface area (Å²) in [6, 6.07) is 5.96. The highest BCUT2D eigenvalue weighted by Gasteiger charge is 2.33. The van der Waals surface area contributed by atoms with Gasteiger partial charge in [0.25, 0.3) is 0 Å². The lowest BCUT2D eigenvalue weighted by Crippen LogP contribution is -2.37. The maximum absolute atomic E-state index is 12.0. The van der Waals surface area contributed by atoms with Crippen molar-refractivity contribution in [2.75, 3.05) is 13.6 Å². The van der Waals surface area contributed by atoms with Gasteiger partial charge in [-0.05, 0) is 37.4 Å². The Hall–Kier alpha value is -1.22. The molecule has 1 saturated carbocycles. The summed E-state index contributed by atoms with van der Waals surface area (Å²) >= 11 is 0. The first-order chi connectivity index (χ1) is 8.96. The number of pyridine rings is 1. The van der Waals surface area contributed by atoms with Crippen LogP contribution in [-0.4, -0.2) is 29.3 Å². The maximum Gasteiger partial charge on any atom is 0.137 e. The second-order valence-electron chi connectivity index (χ2n) is 6.55. The first kappa shape index (κ1) is 14.2. The molecule has 1 heterocycles. The summed E-state index contributed by atoms with van der Waals surface area (Å²) in [6.07, 6.45) is 4.61. The summed E-state index contributed by atoms with van der Waals surface area (Å²) in [5.74, 6) is 0.629. The van der Waals surface area contributed by atoms with E-state index in [2.05, 4.69) is 30.8 Å². The molecule has 0 N–H and O–H groups in total. The van der Waals surface area contributed by atoms with E-state index < -0.39 is 0 Å². The van der Waals surface area contributed by atoms with Crippen LogP contribution in [0.2, 0.25) is 0 Å². The number of carbonyl (C=O) groups excluding carboxylic acids is 1. The average Bonchev–Trinajstić information content (AvgIpc) is 2.35. The second-order valence-corrected chi connectivity index (χ2v) is 6.55. The Balaban J connectivity index is 1.91. The first-order valence-electron chi connectivity index (χ1n) is 7.07. The van der Waals surface area contributed by atoms with Crippen molar-refractivity contribution in [1.82, 2.24) is 9.88 Å². The van der Waals surface area contributed by atoms with Gasteiger partial charge < -0.3 is 0 Å². The van der Waals surface area contributed by atoms with Crippen LogP contribution >= 0.6 is 0 Å². The van der Waals surface area contributed by atoms with Gasteiger partial charge in [-0.3, -0.25) is 14.7 Å². The van der Waals surface area contributed by atoms with Crippen LogP contribution in [0.5, 0.6) is 0 Å². The maximum atomic E-state index is 12.0. The van der Waals surface area contributed by atoms with Gasteiger partial charge in [0.15, 0.2) is 0 Å². The predicted octanol–water partition coefficient (Wildman–Crippen LogP) is 2.91. The lowest BCUT2D eigenvalue weighted by atomic mass is 9.71. The van der Waals surface area contributed by atoms with Gasteiger partial charge in [-0.25, -0.2) is 0 Å². The highest BCUT2D eigenvalue weighted by molar-refractivity contribution is 5.82. The van der Waals surface area contributed by atoms with Gasteiger partial charge in [-0.1, -0.05) is 19.9 Å². The van der Waals surface area contributed by atoms with Crippen LogP contribution in [0.1, 0.15) is 38.8 Å². The number of ketones is 1. The molecule has 1 atom stereocenters. The van der Waals surface area contributed by atoms with E-state index in [-0.39, 0.29) is 5.92 Å². The minimum absolute atomic E-state index is 0.192. The summed E-state index contributed by atoms with van der Waals surface area (Å²) in [5, 5.41) is 0. The molecule has 0 aromatic carbocycles. The summed E-state index contributed by atoms with van der Waals surface area (Å²) < 4.78 is 0. The monoisotopic (exact) mass is 260 g/mol. The van der Waals surface area contributed by atoms with E-state index in [1.807, 2.05) is 24.4 Å². The van der Waals surface area contributed by atoms with Crippen molar-refractivity contribution in [2.45, 2.75) is 39.7 Å². The molecule has 1 aliphatic carbocycles. The number of nitrogens with zero attached hydrogens (tertiary/aromatic N) is 2. The fourth-order valence-electron chi connectivity index (χ4n) is 2.92. The standard InChI is InChI=1S/C16H24N2O/c1-16(2)8-7-15(19)13(10-16)11-18(3)12-14-6-4-5-9-17-14/h4-6,9,13H,7-8,10-12H2,1-3H3. The molecule has 2 rings (SSSR count). The van der Waals surface area contributed by atoms with Gasteiger partial charge in [0.05, 0.1) is 5.69 Å². The smallest absolute Gasteiger partial charge is 0.137 e. The molecule has 0 bridgehead atoms. The zero-order valence-electron chi connectivity index (χ0n) is 12.2. The molecule has 3 nitrogen and oxygen atoms in total. The minimum Gasteiger partial charge on any atom is -0.300 e. The van der Waals surface area contributed by atoms with E-state index in [0.717, 1.165) is 38.0 Å². The summed E-state index contributed by atoms with van der Waals surface area (Å²) in [6.45, 7) is 6.19. The van der Waals surface area contributed by atoms with Crippen molar-refractivity contribution >= 4 is 5.78 Å². The van der Waals surface area contributed by atoms with Crippen LogP contribution in [0.25, 0.3) is 0 Å². The van der Waals surface area contributed by atoms with Crippen LogP contribution in [0.15, 0.2) is 24.4 Å². The van der Waals surface area contributed by atoms with E-state index in [1.165, 1.54) is 0 Å². The predicted molar refractivity (Wildman–Crippen MR) is 76.7 cm³/mol. The van der Waals surface area contributed by atoms with Crippen molar-refractivity contribution in [1.29, 1.82) is 0 Å². The fraction of sp³-hybridized carbons (Fsp3) is 0.625. The molecular weight excluding hydrogens is 236 g/mol. The lowest BCUT2D eigenvalue weighted by molar-refractivity contribution is -0.127. The number of rotatable bonds is 4. The van der Waals surface area contributed by atoms with E-state index in [9.17, 15) is 4.79 Å². The van der Waals surface area contributed by atoms with Gasteiger partial charge in [0.1, 0.15) is 5.78 Å².